The van der Waals surface area contributed by atoms with E-state index >= 15 is 0 Å². The van der Waals surface area contributed by atoms with E-state index in [9.17, 15) is 4.39 Å². The first kappa shape index (κ1) is 19.9. The van der Waals surface area contributed by atoms with E-state index in [2.05, 4.69) is 27.7 Å². The SMILES string of the molecule is CC.CCCCC[C@@H](C)COc1cc(C(C)C)ccc1F. The van der Waals surface area contributed by atoms with E-state index < -0.39 is 0 Å². The molecular formula is C19H33FO. The van der Waals surface area contributed by atoms with Gasteiger partial charge < -0.3 is 4.74 Å². The highest BCUT2D eigenvalue weighted by Gasteiger charge is 2.09. The number of rotatable bonds is 8. The smallest absolute Gasteiger partial charge is 0.165 e. The molecule has 0 N–H and O–H groups in total. The molecule has 0 saturated heterocycles. The summed E-state index contributed by atoms with van der Waals surface area (Å²) in [6.45, 7) is 13.2. The first-order valence-electron chi connectivity index (χ1n) is 8.46. The number of ether oxygens (including phenoxy) is 1. The number of halogens is 1. The van der Waals surface area contributed by atoms with Gasteiger partial charge in [0, 0.05) is 0 Å². The lowest BCUT2D eigenvalue weighted by Gasteiger charge is -2.15. The Labute approximate surface area is 130 Å². The Balaban J connectivity index is 0.00000191. The summed E-state index contributed by atoms with van der Waals surface area (Å²) in [5.41, 5.74) is 1.12. The molecule has 0 amide bonds. The third-order valence-corrected chi connectivity index (χ3v) is 3.45. The summed E-state index contributed by atoms with van der Waals surface area (Å²) < 4.78 is 19.3. The van der Waals surface area contributed by atoms with Crippen LogP contribution in [0.2, 0.25) is 0 Å². The number of hydrogen-bond acceptors (Lipinski definition) is 1. The number of hydrogen-bond donors (Lipinski definition) is 0. The number of benzene rings is 1. The lowest BCUT2D eigenvalue weighted by molar-refractivity contribution is 0.239. The van der Waals surface area contributed by atoms with E-state index in [1.54, 1.807) is 0 Å². The molecule has 0 bridgehead atoms. The maximum absolute atomic E-state index is 13.7. The van der Waals surface area contributed by atoms with Gasteiger partial charge in [0.1, 0.15) is 0 Å². The maximum atomic E-state index is 13.7. The van der Waals surface area contributed by atoms with Crippen LogP contribution in [-0.4, -0.2) is 6.61 Å². The molecule has 0 fully saturated rings. The van der Waals surface area contributed by atoms with Crippen molar-refractivity contribution in [2.45, 2.75) is 73.1 Å². The molecule has 0 aliphatic rings. The van der Waals surface area contributed by atoms with Crippen LogP contribution in [0, 0.1) is 11.7 Å². The monoisotopic (exact) mass is 296 g/mol. The Morgan fingerprint density at radius 1 is 1.10 bits per heavy atom. The highest BCUT2D eigenvalue weighted by Crippen LogP contribution is 2.24. The highest BCUT2D eigenvalue weighted by molar-refractivity contribution is 5.31. The molecule has 0 aliphatic heterocycles. The molecule has 1 aromatic rings. The van der Waals surface area contributed by atoms with Gasteiger partial charge in [-0.05, 0) is 36.0 Å². The molecule has 21 heavy (non-hydrogen) atoms. The molecule has 0 radical (unpaired) electrons. The van der Waals surface area contributed by atoms with Gasteiger partial charge in [0.15, 0.2) is 11.6 Å². The van der Waals surface area contributed by atoms with Crippen LogP contribution in [0.15, 0.2) is 18.2 Å². The van der Waals surface area contributed by atoms with Gasteiger partial charge in [0.05, 0.1) is 6.61 Å². The van der Waals surface area contributed by atoms with Crippen molar-refractivity contribution in [3.05, 3.63) is 29.6 Å². The Bertz CT molecular complexity index is 374. The number of unbranched alkanes of at least 4 members (excludes halogenated alkanes) is 2. The Hall–Kier alpha value is -1.05. The topological polar surface area (TPSA) is 9.23 Å². The van der Waals surface area contributed by atoms with Crippen molar-refractivity contribution in [3.63, 3.8) is 0 Å². The van der Waals surface area contributed by atoms with E-state index in [0.29, 0.717) is 24.2 Å². The van der Waals surface area contributed by atoms with E-state index in [4.69, 9.17) is 4.74 Å². The van der Waals surface area contributed by atoms with E-state index in [-0.39, 0.29) is 5.82 Å². The van der Waals surface area contributed by atoms with Crippen molar-refractivity contribution in [2.75, 3.05) is 6.61 Å². The van der Waals surface area contributed by atoms with Gasteiger partial charge in [-0.25, -0.2) is 4.39 Å². The van der Waals surface area contributed by atoms with Crippen LogP contribution in [-0.2, 0) is 0 Å². The van der Waals surface area contributed by atoms with Crippen LogP contribution >= 0.6 is 0 Å². The first-order chi connectivity index (χ1) is 10.0. The van der Waals surface area contributed by atoms with Crippen LogP contribution in [0.4, 0.5) is 4.39 Å². The molecule has 0 aromatic heterocycles. The third-order valence-electron chi connectivity index (χ3n) is 3.45. The van der Waals surface area contributed by atoms with Crippen LogP contribution in [0.5, 0.6) is 5.75 Å². The summed E-state index contributed by atoms with van der Waals surface area (Å²) in [6.07, 6.45) is 4.88. The molecule has 2 heteroatoms. The summed E-state index contributed by atoms with van der Waals surface area (Å²) in [5.74, 6) is 1.01. The summed E-state index contributed by atoms with van der Waals surface area (Å²) in [5, 5.41) is 0. The second-order valence-electron chi connectivity index (χ2n) is 5.76. The summed E-state index contributed by atoms with van der Waals surface area (Å²) in [7, 11) is 0. The predicted molar refractivity (Wildman–Crippen MR) is 90.6 cm³/mol. The van der Waals surface area contributed by atoms with Gasteiger partial charge >= 0.3 is 0 Å². The first-order valence-corrected chi connectivity index (χ1v) is 8.46. The lowest BCUT2D eigenvalue weighted by atomic mass is 10.0. The Morgan fingerprint density at radius 3 is 2.33 bits per heavy atom. The van der Waals surface area contributed by atoms with Gasteiger partial charge in [-0.15, -0.1) is 0 Å². The van der Waals surface area contributed by atoms with E-state index in [1.807, 2.05) is 26.0 Å². The van der Waals surface area contributed by atoms with Crippen molar-refractivity contribution >= 4 is 0 Å². The lowest BCUT2D eigenvalue weighted by Crippen LogP contribution is -2.09. The average Bonchev–Trinajstić information content (AvgIpc) is 2.48. The maximum Gasteiger partial charge on any atom is 0.165 e. The molecule has 0 heterocycles. The minimum absolute atomic E-state index is 0.259. The second kappa shape index (κ2) is 11.6. The molecule has 0 spiro atoms. The second-order valence-corrected chi connectivity index (χ2v) is 5.76. The summed E-state index contributed by atoms with van der Waals surface area (Å²) in [4.78, 5) is 0. The predicted octanol–water partition coefficient (Wildman–Crippen LogP) is 6.57. The zero-order valence-corrected chi connectivity index (χ0v) is 14.7. The van der Waals surface area contributed by atoms with Crippen molar-refractivity contribution in [1.29, 1.82) is 0 Å². The fourth-order valence-electron chi connectivity index (χ4n) is 2.05. The summed E-state index contributed by atoms with van der Waals surface area (Å²) in [6, 6.07) is 5.17. The molecule has 1 atom stereocenters. The van der Waals surface area contributed by atoms with Crippen LogP contribution < -0.4 is 4.74 Å². The van der Waals surface area contributed by atoms with Crippen LogP contribution in [0.1, 0.15) is 78.7 Å². The van der Waals surface area contributed by atoms with Gasteiger partial charge in [0.25, 0.3) is 0 Å². The van der Waals surface area contributed by atoms with Crippen LogP contribution in [0.3, 0.4) is 0 Å². The molecule has 0 saturated carbocycles. The van der Waals surface area contributed by atoms with Crippen molar-refractivity contribution in [1.82, 2.24) is 0 Å². The third kappa shape index (κ3) is 8.08. The Morgan fingerprint density at radius 2 is 1.76 bits per heavy atom. The molecular weight excluding hydrogens is 263 g/mol. The standard InChI is InChI=1S/C17H27FO.C2H6/c1-5-6-7-8-14(4)12-19-17-11-15(13(2)3)9-10-16(17)18;1-2/h9-11,13-14H,5-8,12H2,1-4H3;1-2H3/t14-;/m1./s1. The van der Waals surface area contributed by atoms with Gasteiger partial charge in [-0.3, -0.25) is 0 Å². The fraction of sp³-hybridized carbons (Fsp3) is 0.684. The van der Waals surface area contributed by atoms with Gasteiger partial charge in [-0.2, -0.15) is 0 Å². The summed E-state index contributed by atoms with van der Waals surface area (Å²) >= 11 is 0. The Kier molecular flexibility index (Phi) is 11.0. The average molecular weight is 296 g/mol. The van der Waals surface area contributed by atoms with Crippen molar-refractivity contribution in [2.24, 2.45) is 5.92 Å². The molecule has 0 aliphatic carbocycles. The quantitative estimate of drug-likeness (QED) is 0.493. The fourth-order valence-corrected chi connectivity index (χ4v) is 2.05. The molecule has 122 valence electrons. The van der Waals surface area contributed by atoms with E-state index in [0.717, 1.165) is 12.0 Å². The molecule has 0 unspecified atom stereocenters. The van der Waals surface area contributed by atoms with Gasteiger partial charge in [0.2, 0.25) is 0 Å². The van der Waals surface area contributed by atoms with Crippen LogP contribution in [0.25, 0.3) is 0 Å². The van der Waals surface area contributed by atoms with Gasteiger partial charge in [-0.1, -0.05) is 66.9 Å². The zero-order valence-electron chi connectivity index (χ0n) is 14.7. The molecule has 1 aromatic carbocycles. The largest absolute Gasteiger partial charge is 0.490 e. The van der Waals surface area contributed by atoms with Crippen molar-refractivity contribution in [3.8, 4) is 5.75 Å². The highest BCUT2D eigenvalue weighted by atomic mass is 19.1. The molecule has 1 rings (SSSR count). The minimum atomic E-state index is -0.259. The normalized spacial score (nSPS) is 11.8. The molecule has 1 nitrogen and oxygen atoms in total. The van der Waals surface area contributed by atoms with Crippen molar-refractivity contribution < 1.29 is 9.13 Å². The zero-order chi connectivity index (χ0) is 16.3. The minimum Gasteiger partial charge on any atom is -0.490 e. The van der Waals surface area contributed by atoms with E-state index in [1.165, 1.54) is 25.3 Å².